The molecule has 2 heterocycles. The van der Waals surface area contributed by atoms with Gasteiger partial charge in [0.15, 0.2) is 5.82 Å². The second kappa shape index (κ2) is 7.76. The van der Waals surface area contributed by atoms with Gasteiger partial charge >= 0.3 is 0 Å². The summed E-state index contributed by atoms with van der Waals surface area (Å²) in [7, 11) is 1.60. The van der Waals surface area contributed by atoms with E-state index in [9.17, 15) is 4.79 Å². The van der Waals surface area contributed by atoms with Crippen molar-refractivity contribution < 1.29 is 9.53 Å². The van der Waals surface area contributed by atoms with Crippen LogP contribution in [-0.2, 0) is 11.2 Å². The molecule has 0 bridgehead atoms. The number of benzene rings is 1. The van der Waals surface area contributed by atoms with Crippen molar-refractivity contribution in [2.75, 3.05) is 12.4 Å². The number of nitrogens with one attached hydrogen (secondary N) is 1. The lowest BCUT2D eigenvalue weighted by Gasteiger charge is -2.10. The number of anilines is 1. The third-order valence-corrected chi connectivity index (χ3v) is 4.10. The highest BCUT2D eigenvalue weighted by atomic mass is 35.5. The summed E-state index contributed by atoms with van der Waals surface area (Å²) in [4.78, 5) is 16.6. The zero-order valence-corrected chi connectivity index (χ0v) is 15.7. The third-order valence-electron chi connectivity index (χ3n) is 3.61. The fourth-order valence-corrected chi connectivity index (χ4v) is 2.89. The zero-order chi connectivity index (χ0) is 18.7. The maximum Gasteiger partial charge on any atom is 0.229 e. The van der Waals surface area contributed by atoms with Crippen molar-refractivity contribution in [2.24, 2.45) is 0 Å². The number of hydrogen-bond acceptors (Lipinski definition) is 4. The molecule has 0 aliphatic carbocycles. The third kappa shape index (κ3) is 4.15. The Labute approximate surface area is 160 Å². The molecule has 0 radical (unpaired) electrons. The number of carbonyl (C=O) groups excluding carboxylic acids is 1. The van der Waals surface area contributed by atoms with Crippen LogP contribution in [0.4, 0.5) is 5.82 Å². The smallest absolute Gasteiger partial charge is 0.229 e. The van der Waals surface area contributed by atoms with Gasteiger partial charge in [-0.25, -0.2) is 4.98 Å². The number of methoxy groups -OCH3 is 1. The summed E-state index contributed by atoms with van der Waals surface area (Å²) in [6, 6.07) is 10.6. The number of ether oxygens (including phenoxy) is 1. The second-order valence-corrected chi connectivity index (χ2v) is 6.46. The van der Waals surface area contributed by atoms with Crippen LogP contribution in [0, 0.1) is 6.92 Å². The Balaban J connectivity index is 1.80. The summed E-state index contributed by atoms with van der Waals surface area (Å²) in [5.41, 5.74) is 1.59. The van der Waals surface area contributed by atoms with E-state index in [2.05, 4.69) is 15.4 Å². The molecule has 0 atom stereocenters. The predicted octanol–water partition coefficient (Wildman–Crippen LogP) is 4.07. The average molecular weight is 391 g/mol. The fourth-order valence-electron chi connectivity index (χ4n) is 2.43. The molecule has 0 aliphatic heterocycles. The Hall–Kier alpha value is -2.57. The number of aryl methyl sites for hydroxylation is 1. The molecule has 1 aromatic carbocycles. The summed E-state index contributed by atoms with van der Waals surface area (Å²) < 4.78 is 6.60. The van der Waals surface area contributed by atoms with E-state index >= 15 is 0 Å². The van der Waals surface area contributed by atoms with Gasteiger partial charge in [-0.1, -0.05) is 35.3 Å². The maximum absolute atomic E-state index is 12.4. The van der Waals surface area contributed by atoms with Crippen molar-refractivity contribution in [3.8, 4) is 11.6 Å². The first-order valence-electron chi connectivity index (χ1n) is 7.77. The molecule has 0 saturated carbocycles. The van der Waals surface area contributed by atoms with Gasteiger partial charge in [0, 0.05) is 12.3 Å². The van der Waals surface area contributed by atoms with Gasteiger partial charge in [-0.2, -0.15) is 9.78 Å². The molecule has 1 N–H and O–H groups in total. The number of amides is 1. The SMILES string of the molecule is COc1ccc(CC(=O)Nc2cc(C)nn2-c2ncc(Cl)cc2Cl)cc1. The number of aromatic nitrogens is 3. The summed E-state index contributed by atoms with van der Waals surface area (Å²) >= 11 is 12.1. The first-order chi connectivity index (χ1) is 12.5. The second-order valence-electron chi connectivity index (χ2n) is 5.61. The highest BCUT2D eigenvalue weighted by molar-refractivity contribution is 6.35. The van der Waals surface area contributed by atoms with E-state index in [1.807, 2.05) is 31.2 Å². The van der Waals surface area contributed by atoms with E-state index in [1.165, 1.54) is 10.9 Å². The monoisotopic (exact) mass is 390 g/mol. The number of hydrogen-bond donors (Lipinski definition) is 1. The molecule has 26 heavy (non-hydrogen) atoms. The van der Waals surface area contributed by atoms with Gasteiger partial charge in [-0.3, -0.25) is 4.79 Å². The topological polar surface area (TPSA) is 69.0 Å². The van der Waals surface area contributed by atoms with Gasteiger partial charge in [0.1, 0.15) is 11.6 Å². The Bertz CT molecular complexity index is 939. The molecule has 3 aromatic rings. The maximum atomic E-state index is 12.4. The Morgan fingerprint density at radius 2 is 1.96 bits per heavy atom. The van der Waals surface area contributed by atoms with Crippen molar-refractivity contribution in [2.45, 2.75) is 13.3 Å². The van der Waals surface area contributed by atoms with E-state index in [0.717, 1.165) is 17.0 Å². The molecule has 6 nitrogen and oxygen atoms in total. The number of pyridine rings is 1. The van der Waals surface area contributed by atoms with Crippen molar-refractivity contribution in [1.29, 1.82) is 0 Å². The molecule has 134 valence electrons. The van der Waals surface area contributed by atoms with E-state index in [4.69, 9.17) is 27.9 Å². The Morgan fingerprint density at radius 3 is 2.62 bits per heavy atom. The lowest BCUT2D eigenvalue weighted by atomic mass is 10.1. The molecular weight excluding hydrogens is 375 g/mol. The molecule has 0 aliphatic rings. The highest BCUT2D eigenvalue weighted by Gasteiger charge is 2.15. The predicted molar refractivity (Wildman–Crippen MR) is 101 cm³/mol. The van der Waals surface area contributed by atoms with E-state index in [0.29, 0.717) is 21.7 Å². The summed E-state index contributed by atoms with van der Waals surface area (Å²) in [5, 5.41) is 7.96. The molecule has 0 spiro atoms. The summed E-state index contributed by atoms with van der Waals surface area (Å²) in [6.45, 7) is 1.82. The lowest BCUT2D eigenvalue weighted by Crippen LogP contribution is -2.17. The molecule has 0 saturated heterocycles. The molecule has 1 amide bonds. The quantitative estimate of drug-likeness (QED) is 0.712. The van der Waals surface area contributed by atoms with Crippen LogP contribution in [0.1, 0.15) is 11.3 Å². The minimum Gasteiger partial charge on any atom is -0.497 e. The van der Waals surface area contributed by atoms with Gasteiger partial charge in [0.25, 0.3) is 0 Å². The van der Waals surface area contributed by atoms with Crippen molar-refractivity contribution in [1.82, 2.24) is 14.8 Å². The van der Waals surface area contributed by atoms with Crippen LogP contribution in [0.15, 0.2) is 42.6 Å². The number of nitrogens with zero attached hydrogens (tertiary/aromatic N) is 3. The molecule has 0 fully saturated rings. The zero-order valence-electron chi connectivity index (χ0n) is 14.2. The van der Waals surface area contributed by atoms with Crippen molar-refractivity contribution in [3.05, 3.63) is 63.9 Å². The van der Waals surface area contributed by atoms with Crippen LogP contribution >= 0.6 is 23.2 Å². The Kier molecular flexibility index (Phi) is 5.44. The standard InChI is InChI=1S/C18H16Cl2N4O2/c1-11-7-16(24(23-11)18-15(20)9-13(19)10-21-18)22-17(25)8-12-3-5-14(26-2)6-4-12/h3-7,9-10H,8H2,1-2H3,(H,22,25). The Morgan fingerprint density at radius 1 is 1.23 bits per heavy atom. The first-order valence-corrected chi connectivity index (χ1v) is 8.52. The van der Waals surface area contributed by atoms with Gasteiger partial charge in [-0.15, -0.1) is 0 Å². The normalized spacial score (nSPS) is 10.6. The number of halogens is 2. The minimum atomic E-state index is -0.179. The van der Waals surface area contributed by atoms with Crippen LogP contribution in [-0.4, -0.2) is 27.8 Å². The highest BCUT2D eigenvalue weighted by Crippen LogP contribution is 2.25. The van der Waals surface area contributed by atoms with Crippen molar-refractivity contribution >= 4 is 34.9 Å². The molecule has 8 heteroatoms. The van der Waals surface area contributed by atoms with Crippen LogP contribution in [0.5, 0.6) is 5.75 Å². The molecule has 0 unspecified atom stereocenters. The van der Waals surface area contributed by atoms with Gasteiger partial charge < -0.3 is 10.1 Å². The van der Waals surface area contributed by atoms with Crippen LogP contribution in [0.25, 0.3) is 5.82 Å². The summed E-state index contributed by atoms with van der Waals surface area (Å²) in [6.07, 6.45) is 1.69. The van der Waals surface area contributed by atoms with Crippen LogP contribution in [0.3, 0.4) is 0 Å². The van der Waals surface area contributed by atoms with E-state index in [-0.39, 0.29) is 12.3 Å². The van der Waals surface area contributed by atoms with Crippen molar-refractivity contribution in [3.63, 3.8) is 0 Å². The molecular formula is C18H16Cl2N4O2. The van der Waals surface area contributed by atoms with E-state index < -0.39 is 0 Å². The fraction of sp³-hybridized carbons (Fsp3) is 0.167. The largest absolute Gasteiger partial charge is 0.497 e. The van der Waals surface area contributed by atoms with Crippen LogP contribution in [0.2, 0.25) is 10.0 Å². The lowest BCUT2D eigenvalue weighted by molar-refractivity contribution is -0.115. The average Bonchev–Trinajstić information content (AvgIpc) is 2.95. The van der Waals surface area contributed by atoms with Crippen LogP contribution < -0.4 is 10.1 Å². The van der Waals surface area contributed by atoms with Gasteiger partial charge in [0.2, 0.25) is 5.91 Å². The number of carbonyl (C=O) groups is 1. The minimum absolute atomic E-state index is 0.179. The van der Waals surface area contributed by atoms with E-state index in [1.54, 1.807) is 19.2 Å². The van der Waals surface area contributed by atoms with Gasteiger partial charge in [-0.05, 0) is 30.7 Å². The number of rotatable bonds is 5. The molecule has 2 aromatic heterocycles. The molecule has 3 rings (SSSR count). The summed E-state index contributed by atoms with van der Waals surface area (Å²) in [5.74, 6) is 1.44. The first kappa shape index (κ1) is 18.2. The van der Waals surface area contributed by atoms with Gasteiger partial charge in [0.05, 0.1) is 29.3 Å².